The van der Waals surface area contributed by atoms with Crippen LogP contribution in [0.4, 0.5) is 0 Å². The van der Waals surface area contributed by atoms with Crippen LogP contribution in [-0.4, -0.2) is 44.9 Å². The van der Waals surface area contributed by atoms with Gasteiger partial charge in [0.25, 0.3) is 0 Å². The van der Waals surface area contributed by atoms with Gasteiger partial charge in [0.05, 0.1) is 22.5 Å². The van der Waals surface area contributed by atoms with Gasteiger partial charge in [0, 0.05) is 11.6 Å². The maximum Gasteiger partial charge on any atom is 0.206 e. The van der Waals surface area contributed by atoms with E-state index in [0.717, 1.165) is 11.1 Å². The Bertz CT molecular complexity index is 1100. The van der Waals surface area contributed by atoms with E-state index in [4.69, 9.17) is 21.4 Å². The Balaban J connectivity index is 1.52. The van der Waals surface area contributed by atoms with Gasteiger partial charge >= 0.3 is 0 Å². The lowest BCUT2D eigenvalue weighted by Gasteiger charge is -2.13. The molecule has 0 aromatic heterocycles. The fourth-order valence-electron chi connectivity index (χ4n) is 3.15. The molecule has 6 nitrogen and oxygen atoms in total. The van der Waals surface area contributed by atoms with Crippen LogP contribution < -0.4 is 10.1 Å². The van der Waals surface area contributed by atoms with Gasteiger partial charge in [-0.05, 0) is 72.6 Å². The van der Waals surface area contributed by atoms with Crippen LogP contribution in [0.1, 0.15) is 17.2 Å². The summed E-state index contributed by atoms with van der Waals surface area (Å²) in [7, 11) is -3.63. The zero-order valence-corrected chi connectivity index (χ0v) is 19.0. The summed E-state index contributed by atoms with van der Waals surface area (Å²) in [5, 5.41) is 22.8. The SMILES string of the molecule is O=S(=O)(c1ccc(CCNCC(O)c2cccc(Cl)c2)cc1)c1ccc(OCCO)cc1. The topological polar surface area (TPSA) is 95.9 Å². The van der Waals surface area contributed by atoms with Crippen molar-refractivity contribution in [3.05, 3.63) is 88.9 Å². The number of hydrogen-bond acceptors (Lipinski definition) is 6. The summed E-state index contributed by atoms with van der Waals surface area (Å²) in [4.78, 5) is 0.396. The Morgan fingerprint density at radius 3 is 2.25 bits per heavy atom. The minimum atomic E-state index is -3.63. The number of aliphatic hydroxyl groups is 2. The van der Waals surface area contributed by atoms with E-state index in [9.17, 15) is 13.5 Å². The van der Waals surface area contributed by atoms with Crippen molar-refractivity contribution in [2.24, 2.45) is 0 Å². The summed E-state index contributed by atoms with van der Waals surface area (Å²) < 4.78 is 30.9. The van der Waals surface area contributed by atoms with Crippen molar-refractivity contribution in [1.29, 1.82) is 0 Å². The number of ether oxygens (including phenoxy) is 1. The molecule has 0 radical (unpaired) electrons. The standard InChI is InChI=1S/C24H26ClNO5S/c25-20-3-1-2-19(16-20)24(28)17-26-13-12-18-4-8-22(9-5-18)32(29,30)23-10-6-21(7-11-23)31-15-14-27/h1-11,16,24,26-28H,12-15,17H2. The number of sulfone groups is 1. The third-order valence-corrected chi connectivity index (χ3v) is 6.91. The summed E-state index contributed by atoms with van der Waals surface area (Å²) in [6, 6.07) is 20.0. The number of hydrogen-bond donors (Lipinski definition) is 3. The molecule has 0 amide bonds. The zero-order chi connectivity index (χ0) is 23.0. The minimum Gasteiger partial charge on any atom is -0.491 e. The van der Waals surface area contributed by atoms with Crippen LogP contribution in [0.2, 0.25) is 5.02 Å². The Morgan fingerprint density at radius 2 is 1.62 bits per heavy atom. The second kappa shape index (κ2) is 11.4. The number of rotatable bonds is 11. The first kappa shape index (κ1) is 24.2. The Hall–Kier alpha value is -2.42. The third-order valence-electron chi connectivity index (χ3n) is 4.89. The van der Waals surface area contributed by atoms with E-state index in [1.807, 2.05) is 6.07 Å². The van der Waals surface area contributed by atoms with E-state index in [0.29, 0.717) is 30.3 Å². The van der Waals surface area contributed by atoms with E-state index in [2.05, 4.69) is 5.32 Å². The van der Waals surface area contributed by atoms with Crippen molar-refractivity contribution in [2.45, 2.75) is 22.3 Å². The minimum absolute atomic E-state index is 0.107. The average molecular weight is 476 g/mol. The van der Waals surface area contributed by atoms with Crippen molar-refractivity contribution < 1.29 is 23.4 Å². The van der Waals surface area contributed by atoms with Crippen molar-refractivity contribution in [3.8, 4) is 5.75 Å². The molecule has 0 fully saturated rings. The van der Waals surface area contributed by atoms with Crippen LogP contribution in [0.3, 0.4) is 0 Å². The van der Waals surface area contributed by atoms with Crippen LogP contribution in [0, 0.1) is 0 Å². The summed E-state index contributed by atoms with van der Waals surface area (Å²) >= 11 is 5.95. The molecule has 0 saturated carbocycles. The molecule has 0 spiro atoms. The fourth-order valence-corrected chi connectivity index (χ4v) is 4.61. The molecule has 3 aromatic rings. The molecule has 170 valence electrons. The smallest absolute Gasteiger partial charge is 0.206 e. The van der Waals surface area contributed by atoms with Crippen LogP contribution >= 0.6 is 11.6 Å². The largest absolute Gasteiger partial charge is 0.491 e. The molecular weight excluding hydrogens is 450 g/mol. The molecular formula is C24H26ClNO5S. The molecule has 8 heteroatoms. The molecule has 0 heterocycles. The lowest BCUT2D eigenvalue weighted by atomic mass is 10.1. The van der Waals surface area contributed by atoms with Gasteiger partial charge in [0.15, 0.2) is 0 Å². The molecule has 32 heavy (non-hydrogen) atoms. The molecule has 1 atom stereocenters. The van der Waals surface area contributed by atoms with Gasteiger partial charge in [0.2, 0.25) is 9.84 Å². The first-order valence-corrected chi connectivity index (χ1v) is 12.1. The van der Waals surface area contributed by atoms with E-state index in [1.54, 1.807) is 54.6 Å². The van der Waals surface area contributed by atoms with Gasteiger partial charge in [-0.15, -0.1) is 0 Å². The highest BCUT2D eigenvalue weighted by molar-refractivity contribution is 7.91. The van der Waals surface area contributed by atoms with E-state index in [1.165, 1.54) is 12.1 Å². The van der Waals surface area contributed by atoms with Crippen molar-refractivity contribution in [3.63, 3.8) is 0 Å². The molecule has 0 aliphatic heterocycles. The molecule has 3 N–H and O–H groups in total. The molecule has 3 rings (SSSR count). The van der Waals surface area contributed by atoms with Crippen LogP contribution in [0.5, 0.6) is 5.75 Å². The molecule has 0 aliphatic rings. The third kappa shape index (κ3) is 6.54. The summed E-state index contributed by atoms with van der Waals surface area (Å²) in [6.45, 7) is 1.08. The van der Waals surface area contributed by atoms with Gasteiger partial charge in [-0.3, -0.25) is 0 Å². The predicted molar refractivity (Wildman–Crippen MR) is 124 cm³/mol. The molecule has 0 saturated heterocycles. The number of benzene rings is 3. The average Bonchev–Trinajstić information content (AvgIpc) is 2.81. The monoisotopic (exact) mass is 475 g/mol. The highest BCUT2D eigenvalue weighted by Gasteiger charge is 2.17. The van der Waals surface area contributed by atoms with Gasteiger partial charge < -0.3 is 20.3 Å². The number of aliphatic hydroxyl groups excluding tert-OH is 2. The normalized spacial score (nSPS) is 12.5. The predicted octanol–water partition coefficient (Wildman–Crippen LogP) is 3.41. The number of halogens is 1. The van der Waals surface area contributed by atoms with Gasteiger partial charge in [-0.2, -0.15) is 0 Å². The zero-order valence-electron chi connectivity index (χ0n) is 17.4. The first-order valence-electron chi connectivity index (χ1n) is 10.2. The first-order chi connectivity index (χ1) is 15.4. The Morgan fingerprint density at radius 1 is 0.969 bits per heavy atom. The van der Waals surface area contributed by atoms with Gasteiger partial charge in [-0.25, -0.2) is 8.42 Å². The fraction of sp³-hybridized carbons (Fsp3) is 0.250. The van der Waals surface area contributed by atoms with Crippen LogP contribution in [-0.2, 0) is 16.3 Å². The summed E-state index contributed by atoms with van der Waals surface area (Å²) in [5.74, 6) is 0.501. The van der Waals surface area contributed by atoms with E-state index < -0.39 is 15.9 Å². The van der Waals surface area contributed by atoms with Gasteiger partial charge in [-0.1, -0.05) is 35.9 Å². The second-order valence-corrected chi connectivity index (χ2v) is 9.60. The summed E-state index contributed by atoms with van der Waals surface area (Å²) in [5.41, 5.74) is 1.74. The Kier molecular flexibility index (Phi) is 8.67. The van der Waals surface area contributed by atoms with E-state index in [-0.39, 0.29) is 23.0 Å². The highest BCUT2D eigenvalue weighted by Crippen LogP contribution is 2.23. The van der Waals surface area contributed by atoms with Crippen LogP contribution in [0.25, 0.3) is 0 Å². The van der Waals surface area contributed by atoms with Gasteiger partial charge in [0.1, 0.15) is 12.4 Å². The van der Waals surface area contributed by atoms with Crippen molar-refractivity contribution in [1.82, 2.24) is 5.32 Å². The number of nitrogens with one attached hydrogen (secondary N) is 1. The maximum atomic E-state index is 12.8. The summed E-state index contributed by atoms with van der Waals surface area (Å²) in [6.07, 6.45) is 0.0427. The molecule has 0 aliphatic carbocycles. The second-order valence-electron chi connectivity index (χ2n) is 7.22. The lowest BCUT2D eigenvalue weighted by Crippen LogP contribution is -2.23. The van der Waals surface area contributed by atoms with Crippen LogP contribution in [0.15, 0.2) is 82.6 Å². The van der Waals surface area contributed by atoms with Crippen molar-refractivity contribution in [2.75, 3.05) is 26.3 Å². The van der Waals surface area contributed by atoms with E-state index >= 15 is 0 Å². The lowest BCUT2D eigenvalue weighted by molar-refractivity contribution is 0.175. The Labute approximate surface area is 193 Å². The molecule has 3 aromatic carbocycles. The maximum absolute atomic E-state index is 12.8. The molecule has 1 unspecified atom stereocenters. The quantitative estimate of drug-likeness (QED) is 0.368. The molecule has 0 bridgehead atoms. The highest BCUT2D eigenvalue weighted by atomic mass is 35.5. The van der Waals surface area contributed by atoms with Crippen molar-refractivity contribution >= 4 is 21.4 Å².